The quantitative estimate of drug-likeness (QED) is 0.684. The van der Waals surface area contributed by atoms with Crippen LogP contribution in [0.4, 0.5) is 0 Å². The summed E-state index contributed by atoms with van der Waals surface area (Å²) in [6, 6.07) is 10.4. The van der Waals surface area contributed by atoms with Gasteiger partial charge in [-0.25, -0.2) is 4.98 Å². The first-order valence-electron chi connectivity index (χ1n) is 7.68. The van der Waals surface area contributed by atoms with Gasteiger partial charge < -0.3 is 14.4 Å². The number of hydrogen-bond acceptors (Lipinski definition) is 5. The van der Waals surface area contributed by atoms with E-state index in [-0.39, 0.29) is 18.5 Å². The fraction of sp³-hybridized carbons (Fsp3) is 0.278. The van der Waals surface area contributed by atoms with Gasteiger partial charge in [0.15, 0.2) is 0 Å². The van der Waals surface area contributed by atoms with E-state index >= 15 is 0 Å². The molecule has 1 heterocycles. The monoisotopic (exact) mass is 406 g/mol. The van der Waals surface area contributed by atoms with Gasteiger partial charge in [-0.2, -0.15) is 0 Å². The Bertz CT molecular complexity index is 730. The van der Waals surface area contributed by atoms with Crippen molar-refractivity contribution in [3.05, 3.63) is 52.6 Å². The van der Waals surface area contributed by atoms with Gasteiger partial charge in [0, 0.05) is 22.8 Å². The normalized spacial score (nSPS) is 10.4. The summed E-state index contributed by atoms with van der Waals surface area (Å²) in [4.78, 5) is 29.7. The lowest BCUT2D eigenvalue weighted by molar-refractivity contribution is -0.141. The largest absolute Gasteiger partial charge is 0.468 e. The van der Waals surface area contributed by atoms with E-state index in [9.17, 15) is 9.59 Å². The molecule has 0 saturated heterocycles. The third-order valence-electron chi connectivity index (χ3n) is 3.43. The average Bonchev–Trinajstić information content (AvgIpc) is 2.61. The van der Waals surface area contributed by atoms with Crippen molar-refractivity contribution in [2.75, 3.05) is 13.7 Å². The molecule has 0 N–H and O–H groups in total. The van der Waals surface area contributed by atoms with E-state index in [1.165, 1.54) is 18.2 Å². The van der Waals surface area contributed by atoms with Crippen molar-refractivity contribution in [2.45, 2.75) is 19.9 Å². The number of methoxy groups -OCH3 is 1. The standard InChI is InChI=1S/C18H19BrN2O4/c1-12(2)21(11-17(22)24-3)18(23)13-4-9-16(20-10-13)25-15-7-5-14(19)6-8-15/h4-10,12H,11H2,1-3H3. The Morgan fingerprint density at radius 3 is 2.36 bits per heavy atom. The molecular weight excluding hydrogens is 388 g/mol. The lowest BCUT2D eigenvalue weighted by Gasteiger charge is -2.25. The molecule has 0 aliphatic heterocycles. The number of ether oxygens (including phenoxy) is 2. The van der Waals surface area contributed by atoms with Gasteiger partial charge in [-0.3, -0.25) is 9.59 Å². The number of amides is 1. The third-order valence-corrected chi connectivity index (χ3v) is 3.96. The van der Waals surface area contributed by atoms with Crippen molar-refractivity contribution in [1.82, 2.24) is 9.88 Å². The molecule has 1 aromatic carbocycles. The van der Waals surface area contributed by atoms with Crippen LogP contribution in [0.1, 0.15) is 24.2 Å². The Labute approximate surface area is 154 Å². The number of rotatable bonds is 6. The molecule has 0 radical (unpaired) electrons. The second-order valence-corrected chi connectivity index (χ2v) is 6.46. The maximum absolute atomic E-state index is 12.6. The highest BCUT2D eigenvalue weighted by molar-refractivity contribution is 9.10. The van der Waals surface area contributed by atoms with E-state index in [0.717, 1.165) is 4.47 Å². The van der Waals surface area contributed by atoms with Crippen molar-refractivity contribution in [3.8, 4) is 11.6 Å². The third kappa shape index (κ3) is 5.29. The molecule has 7 heteroatoms. The van der Waals surface area contributed by atoms with Gasteiger partial charge in [-0.15, -0.1) is 0 Å². The maximum Gasteiger partial charge on any atom is 0.325 e. The molecule has 25 heavy (non-hydrogen) atoms. The van der Waals surface area contributed by atoms with E-state index in [4.69, 9.17) is 4.74 Å². The molecule has 0 unspecified atom stereocenters. The number of halogens is 1. The lowest BCUT2D eigenvalue weighted by Crippen LogP contribution is -2.41. The zero-order valence-corrected chi connectivity index (χ0v) is 15.8. The Hall–Kier alpha value is -2.41. The number of carbonyl (C=O) groups is 2. The van der Waals surface area contributed by atoms with E-state index in [2.05, 4.69) is 25.7 Å². The minimum absolute atomic E-state index is 0.107. The Morgan fingerprint density at radius 2 is 1.84 bits per heavy atom. The van der Waals surface area contributed by atoms with Crippen LogP contribution in [0.3, 0.4) is 0 Å². The Balaban J connectivity index is 2.10. The number of esters is 1. The summed E-state index contributed by atoms with van der Waals surface area (Å²) in [6.45, 7) is 3.56. The van der Waals surface area contributed by atoms with Crippen LogP contribution in [0.15, 0.2) is 47.1 Å². The van der Waals surface area contributed by atoms with Gasteiger partial charge in [-0.1, -0.05) is 15.9 Å². The number of carbonyl (C=O) groups excluding carboxylic acids is 2. The molecule has 0 bridgehead atoms. The second-order valence-electron chi connectivity index (χ2n) is 5.54. The van der Waals surface area contributed by atoms with Crippen LogP contribution in [0.2, 0.25) is 0 Å². The van der Waals surface area contributed by atoms with Gasteiger partial charge in [0.2, 0.25) is 5.88 Å². The molecule has 0 aliphatic rings. The minimum atomic E-state index is -0.467. The summed E-state index contributed by atoms with van der Waals surface area (Å²) in [5.74, 6) is 0.264. The molecule has 2 aromatic rings. The zero-order valence-electron chi connectivity index (χ0n) is 14.2. The molecule has 2 rings (SSSR count). The predicted octanol–water partition coefficient (Wildman–Crippen LogP) is 3.66. The molecular formula is C18H19BrN2O4. The van der Waals surface area contributed by atoms with Gasteiger partial charge in [0.25, 0.3) is 5.91 Å². The summed E-state index contributed by atoms with van der Waals surface area (Å²) in [5, 5.41) is 0. The fourth-order valence-electron chi connectivity index (χ4n) is 2.05. The first kappa shape index (κ1) is 18.9. The van der Waals surface area contributed by atoms with Crippen molar-refractivity contribution in [1.29, 1.82) is 0 Å². The van der Waals surface area contributed by atoms with E-state index in [1.807, 2.05) is 38.1 Å². The number of benzene rings is 1. The number of aromatic nitrogens is 1. The van der Waals surface area contributed by atoms with Gasteiger partial charge in [0.05, 0.1) is 12.7 Å². The van der Waals surface area contributed by atoms with Crippen molar-refractivity contribution in [3.63, 3.8) is 0 Å². The lowest BCUT2D eigenvalue weighted by atomic mass is 10.2. The summed E-state index contributed by atoms with van der Waals surface area (Å²) in [7, 11) is 1.29. The minimum Gasteiger partial charge on any atom is -0.468 e. The van der Waals surface area contributed by atoms with Crippen LogP contribution in [-0.4, -0.2) is 41.5 Å². The number of hydrogen-bond donors (Lipinski definition) is 0. The molecule has 0 aliphatic carbocycles. The summed E-state index contributed by atoms with van der Waals surface area (Å²) in [5.41, 5.74) is 0.376. The van der Waals surface area contributed by atoms with Gasteiger partial charge in [-0.05, 0) is 44.2 Å². The van der Waals surface area contributed by atoms with Gasteiger partial charge in [0.1, 0.15) is 12.3 Å². The Morgan fingerprint density at radius 1 is 1.16 bits per heavy atom. The number of nitrogens with zero attached hydrogens (tertiary/aromatic N) is 2. The van der Waals surface area contributed by atoms with Crippen LogP contribution in [0.5, 0.6) is 11.6 Å². The van der Waals surface area contributed by atoms with Crippen LogP contribution < -0.4 is 4.74 Å². The second kappa shape index (κ2) is 8.62. The topological polar surface area (TPSA) is 68.7 Å². The molecule has 0 fully saturated rings. The van der Waals surface area contributed by atoms with Crippen LogP contribution in [-0.2, 0) is 9.53 Å². The summed E-state index contributed by atoms with van der Waals surface area (Å²) >= 11 is 3.36. The molecule has 6 nitrogen and oxygen atoms in total. The molecule has 0 spiro atoms. The Kier molecular flexibility index (Phi) is 6.52. The molecule has 1 amide bonds. The smallest absolute Gasteiger partial charge is 0.325 e. The summed E-state index contributed by atoms with van der Waals surface area (Å²) in [6.07, 6.45) is 1.43. The average molecular weight is 407 g/mol. The predicted molar refractivity (Wildman–Crippen MR) is 96.6 cm³/mol. The number of pyridine rings is 1. The highest BCUT2D eigenvalue weighted by Gasteiger charge is 2.22. The highest BCUT2D eigenvalue weighted by atomic mass is 79.9. The van der Waals surface area contributed by atoms with Crippen LogP contribution in [0, 0.1) is 0 Å². The summed E-state index contributed by atoms with van der Waals surface area (Å²) < 4.78 is 11.2. The van der Waals surface area contributed by atoms with E-state index in [0.29, 0.717) is 17.2 Å². The first-order chi connectivity index (χ1) is 11.9. The molecule has 132 valence electrons. The van der Waals surface area contributed by atoms with Crippen molar-refractivity contribution in [2.24, 2.45) is 0 Å². The molecule has 1 aromatic heterocycles. The van der Waals surface area contributed by atoms with Crippen molar-refractivity contribution < 1.29 is 19.1 Å². The van der Waals surface area contributed by atoms with E-state index in [1.54, 1.807) is 12.1 Å². The molecule has 0 saturated carbocycles. The fourth-order valence-corrected chi connectivity index (χ4v) is 2.31. The van der Waals surface area contributed by atoms with E-state index < -0.39 is 5.97 Å². The van der Waals surface area contributed by atoms with Crippen molar-refractivity contribution >= 4 is 27.8 Å². The van der Waals surface area contributed by atoms with Gasteiger partial charge >= 0.3 is 5.97 Å². The zero-order chi connectivity index (χ0) is 18.4. The highest BCUT2D eigenvalue weighted by Crippen LogP contribution is 2.22. The van der Waals surface area contributed by atoms with Crippen LogP contribution >= 0.6 is 15.9 Å². The molecule has 0 atom stereocenters. The van der Waals surface area contributed by atoms with Crippen LogP contribution in [0.25, 0.3) is 0 Å². The SMILES string of the molecule is COC(=O)CN(C(=O)c1ccc(Oc2ccc(Br)cc2)nc1)C(C)C. The first-order valence-corrected chi connectivity index (χ1v) is 8.47. The maximum atomic E-state index is 12.6.